The van der Waals surface area contributed by atoms with E-state index in [0.29, 0.717) is 37.8 Å². The third kappa shape index (κ3) is 4.42. The third-order valence-corrected chi connectivity index (χ3v) is 6.71. The van der Waals surface area contributed by atoms with E-state index in [9.17, 15) is 18.0 Å². The average molecular weight is 473 g/mol. The van der Waals surface area contributed by atoms with E-state index in [1.54, 1.807) is 0 Å². The molecule has 30 heavy (non-hydrogen) atoms. The molecule has 1 atom stereocenters. The number of halogens is 5. The van der Waals surface area contributed by atoms with Gasteiger partial charge in [-0.25, -0.2) is 0 Å². The molecule has 0 aromatic carbocycles. The smallest absolute Gasteiger partial charge is 0.335 e. The van der Waals surface area contributed by atoms with Gasteiger partial charge in [0.05, 0.1) is 12.1 Å². The molecule has 1 aromatic heterocycles. The van der Waals surface area contributed by atoms with Crippen molar-refractivity contribution in [2.24, 2.45) is 11.7 Å². The van der Waals surface area contributed by atoms with Gasteiger partial charge >= 0.3 is 6.18 Å². The largest absolute Gasteiger partial charge is 0.451 e. The van der Waals surface area contributed by atoms with Crippen molar-refractivity contribution in [3.63, 3.8) is 0 Å². The van der Waals surface area contributed by atoms with E-state index in [1.807, 2.05) is 4.90 Å². The second kappa shape index (κ2) is 9.18. The summed E-state index contributed by atoms with van der Waals surface area (Å²) in [5.41, 5.74) is 5.85. The van der Waals surface area contributed by atoms with Crippen molar-refractivity contribution in [2.75, 3.05) is 19.6 Å². The molecule has 0 bridgehead atoms. The fourth-order valence-corrected chi connectivity index (χ4v) is 5.13. The van der Waals surface area contributed by atoms with Gasteiger partial charge in [-0.15, -0.1) is 35.0 Å². The number of hydrogen-bond acceptors (Lipinski definition) is 5. The fourth-order valence-electron chi connectivity index (χ4n) is 5.13. The number of aromatic nitrogens is 3. The first-order valence-electron chi connectivity index (χ1n) is 9.97. The van der Waals surface area contributed by atoms with Gasteiger partial charge in [0, 0.05) is 38.6 Å². The molecule has 3 heterocycles. The number of amides is 1. The van der Waals surface area contributed by atoms with Gasteiger partial charge in [0.15, 0.2) is 0 Å². The number of likely N-dealkylation sites (tertiary alicyclic amines) is 1. The van der Waals surface area contributed by atoms with Crippen LogP contribution in [0, 0.1) is 5.92 Å². The zero-order valence-electron chi connectivity index (χ0n) is 16.9. The van der Waals surface area contributed by atoms with Gasteiger partial charge in [-0.2, -0.15) is 13.2 Å². The molecule has 2 fully saturated rings. The molecule has 3 aliphatic rings. The van der Waals surface area contributed by atoms with Crippen LogP contribution in [0.3, 0.4) is 0 Å². The summed E-state index contributed by atoms with van der Waals surface area (Å²) in [5.74, 6) is 0.0273. The van der Waals surface area contributed by atoms with E-state index in [1.165, 1.54) is 4.57 Å². The van der Waals surface area contributed by atoms with E-state index in [0.717, 1.165) is 32.2 Å². The van der Waals surface area contributed by atoms with Gasteiger partial charge in [-0.1, -0.05) is 6.92 Å². The molecule has 1 aromatic rings. The van der Waals surface area contributed by atoms with E-state index in [2.05, 4.69) is 22.0 Å². The molecule has 4 rings (SSSR count). The van der Waals surface area contributed by atoms with Crippen LogP contribution in [-0.2, 0) is 24.1 Å². The number of rotatable bonds is 3. The summed E-state index contributed by atoms with van der Waals surface area (Å²) in [6, 6.07) is 0.273. The molecular formula is C18H29Cl2F3N6O. The van der Waals surface area contributed by atoms with Gasteiger partial charge in [0.2, 0.25) is 11.7 Å². The van der Waals surface area contributed by atoms with Gasteiger partial charge < -0.3 is 15.2 Å². The van der Waals surface area contributed by atoms with Crippen molar-refractivity contribution >= 4 is 30.7 Å². The summed E-state index contributed by atoms with van der Waals surface area (Å²) in [7, 11) is 0. The number of alkyl halides is 3. The zero-order valence-corrected chi connectivity index (χ0v) is 18.5. The molecular weight excluding hydrogens is 444 g/mol. The normalized spacial score (nSPS) is 29.9. The van der Waals surface area contributed by atoms with Crippen molar-refractivity contribution in [1.82, 2.24) is 24.6 Å². The number of carbonyl (C=O) groups excluding carboxylic acids is 1. The Kier molecular flexibility index (Phi) is 7.70. The number of hydrogen-bond donors (Lipinski definition) is 1. The predicted molar refractivity (Wildman–Crippen MR) is 109 cm³/mol. The van der Waals surface area contributed by atoms with Crippen molar-refractivity contribution in [3.05, 3.63) is 11.6 Å². The SMILES string of the molecule is CC1CC(=O)N([C@]2(CN)CC[C@H](N3CCn4c(nnc4C(F)(F)F)C3)CC2)C1.Cl.Cl. The van der Waals surface area contributed by atoms with Gasteiger partial charge in [-0.3, -0.25) is 9.69 Å². The molecule has 7 nitrogen and oxygen atoms in total. The lowest BCUT2D eigenvalue weighted by Crippen LogP contribution is -2.58. The molecule has 2 N–H and O–H groups in total. The number of nitrogens with two attached hydrogens (primary N) is 1. The fraction of sp³-hybridized carbons (Fsp3) is 0.833. The minimum Gasteiger partial charge on any atom is -0.335 e. The van der Waals surface area contributed by atoms with Gasteiger partial charge in [0.1, 0.15) is 5.82 Å². The summed E-state index contributed by atoms with van der Waals surface area (Å²) < 4.78 is 40.2. The molecule has 1 amide bonds. The first-order valence-corrected chi connectivity index (χ1v) is 9.97. The Balaban J connectivity index is 0.00000160. The van der Waals surface area contributed by atoms with Crippen LogP contribution in [0.4, 0.5) is 13.2 Å². The van der Waals surface area contributed by atoms with E-state index in [4.69, 9.17) is 5.73 Å². The molecule has 1 saturated carbocycles. The highest BCUT2D eigenvalue weighted by Crippen LogP contribution is 2.39. The van der Waals surface area contributed by atoms with Crippen molar-refractivity contribution < 1.29 is 18.0 Å². The molecule has 0 radical (unpaired) electrons. The lowest BCUT2D eigenvalue weighted by Gasteiger charge is -2.48. The van der Waals surface area contributed by atoms with Crippen LogP contribution in [-0.4, -0.2) is 61.7 Å². The second-order valence-corrected chi connectivity index (χ2v) is 8.53. The van der Waals surface area contributed by atoms with Crippen LogP contribution in [0.25, 0.3) is 0 Å². The van der Waals surface area contributed by atoms with E-state index in [-0.39, 0.29) is 48.8 Å². The minimum atomic E-state index is -4.47. The Morgan fingerprint density at radius 1 is 1.17 bits per heavy atom. The molecule has 1 unspecified atom stereocenters. The van der Waals surface area contributed by atoms with Crippen LogP contribution < -0.4 is 5.73 Å². The lowest BCUT2D eigenvalue weighted by atomic mass is 9.77. The van der Waals surface area contributed by atoms with Crippen molar-refractivity contribution in [3.8, 4) is 0 Å². The number of nitrogens with zero attached hydrogens (tertiary/aromatic N) is 5. The van der Waals surface area contributed by atoms with Crippen molar-refractivity contribution in [1.29, 1.82) is 0 Å². The summed E-state index contributed by atoms with van der Waals surface area (Å²) >= 11 is 0. The monoisotopic (exact) mass is 472 g/mol. The highest BCUT2D eigenvalue weighted by atomic mass is 35.5. The molecule has 1 aliphatic carbocycles. The van der Waals surface area contributed by atoms with Crippen LogP contribution in [0.15, 0.2) is 0 Å². The quantitative estimate of drug-likeness (QED) is 0.730. The summed E-state index contributed by atoms with van der Waals surface area (Å²) in [4.78, 5) is 16.6. The van der Waals surface area contributed by atoms with Crippen LogP contribution in [0.2, 0.25) is 0 Å². The summed E-state index contributed by atoms with van der Waals surface area (Å²) in [6.07, 6.45) is -0.439. The van der Waals surface area contributed by atoms with Crippen molar-refractivity contribution in [2.45, 2.75) is 69.9 Å². The van der Waals surface area contributed by atoms with Gasteiger partial charge in [0.25, 0.3) is 0 Å². The third-order valence-electron chi connectivity index (χ3n) is 6.71. The Hall–Kier alpha value is -1.10. The van der Waals surface area contributed by atoms with Crippen LogP contribution in [0.1, 0.15) is 50.7 Å². The first-order chi connectivity index (χ1) is 13.2. The lowest BCUT2D eigenvalue weighted by molar-refractivity contribution is -0.148. The van der Waals surface area contributed by atoms with E-state index < -0.39 is 12.0 Å². The average Bonchev–Trinajstić information content (AvgIpc) is 3.24. The molecule has 0 spiro atoms. The summed E-state index contributed by atoms with van der Waals surface area (Å²) in [5, 5.41) is 7.13. The summed E-state index contributed by atoms with van der Waals surface area (Å²) in [6.45, 7) is 4.50. The topological polar surface area (TPSA) is 80.3 Å². The van der Waals surface area contributed by atoms with Crippen LogP contribution in [0.5, 0.6) is 0 Å². The molecule has 1 saturated heterocycles. The molecule has 2 aliphatic heterocycles. The minimum absolute atomic E-state index is 0. The predicted octanol–water partition coefficient (Wildman–Crippen LogP) is 2.46. The first kappa shape index (κ1) is 25.2. The second-order valence-electron chi connectivity index (χ2n) is 8.53. The molecule has 172 valence electrons. The maximum Gasteiger partial charge on any atom is 0.451 e. The number of fused-ring (bicyclic) bond motifs is 1. The zero-order chi connectivity index (χ0) is 20.1. The maximum atomic E-state index is 13.0. The Labute approximate surface area is 186 Å². The van der Waals surface area contributed by atoms with E-state index >= 15 is 0 Å². The highest BCUT2D eigenvalue weighted by molar-refractivity contribution is 5.85. The Morgan fingerprint density at radius 2 is 1.83 bits per heavy atom. The van der Waals surface area contributed by atoms with Crippen LogP contribution >= 0.6 is 24.8 Å². The highest BCUT2D eigenvalue weighted by Gasteiger charge is 2.46. The molecule has 12 heteroatoms. The maximum absolute atomic E-state index is 13.0. The van der Waals surface area contributed by atoms with Gasteiger partial charge in [-0.05, 0) is 31.6 Å². The number of carbonyl (C=O) groups is 1. The Bertz CT molecular complexity index is 751. The standard InChI is InChI=1S/C18H27F3N6O.2ClH/c1-12-8-15(28)27(9-12)17(11-22)4-2-13(3-5-17)25-6-7-26-14(10-25)23-24-16(26)18(19,20)21;;/h12-13H,2-11,22H2,1H3;2*1H/t12?,13-,17+;;. The Morgan fingerprint density at radius 3 is 2.37 bits per heavy atom.